The molecule has 1 aromatic rings. The first kappa shape index (κ1) is 17.0. The van der Waals surface area contributed by atoms with Gasteiger partial charge in [0.1, 0.15) is 0 Å². The van der Waals surface area contributed by atoms with Gasteiger partial charge in [-0.3, -0.25) is 4.79 Å². The van der Waals surface area contributed by atoms with Crippen LogP contribution in [-0.2, 0) is 4.79 Å². The molecule has 5 nitrogen and oxygen atoms in total. The van der Waals surface area contributed by atoms with Crippen molar-refractivity contribution >= 4 is 34.7 Å². The minimum absolute atomic E-state index is 0.147. The Balaban J connectivity index is 2.14. The van der Waals surface area contributed by atoms with Crippen molar-refractivity contribution in [3.63, 3.8) is 0 Å². The molecule has 0 fully saturated rings. The third-order valence-electron chi connectivity index (χ3n) is 4.48. The highest BCUT2D eigenvalue weighted by Crippen LogP contribution is 2.42. The van der Waals surface area contributed by atoms with Crippen LogP contribution in [0.5, 0.6) is 11.5 Å². The van der Waals surface area contributed by atoms with Crippen LogP contribution in [0.15, 0.2) is 23.4 Å². The van der Waals surface area contributed by atoms with Gasteiger partial charge in [0.25, 0.3) is 0 Å². The van der Waals surface area contributed by atoms with Crippen molar-refractivity contribution in [2.24, 2.45) is 0 Å². The summed E-state index contributed by atoms with van der Waals surface area (Å²) in [6.45, 7) is 0. The molecule has 1 aliphatic heterocycles. The minimum Gasteiger partial charge on any atom is -0.493 e. The lowest BCUT2D eigenvalue weighted by atomic mass is 9.85. The van der Waals surface area contributed by atoms with E-state index in [1.54, 1.807) is 13.2 Å². The smallest absolute Gasteiger partial charge is 0.179 e. The molecule has 1 N–H and O–H groups in total. The predicted octanol–water partition coefficient (Wildman–Crippen LogP) is 3.23. The number of hydrogen-bond donors (Lipinski definition) is 1. The Kier molecular flexibility index (Phi) is 4.69. The average molecular weight is 367 g/mol. The van der Waals surface area contributed by atoms with Crippen LogP contribution < -0.4 is 14.8 Å². The SMILES string of the molecule is COc1cc(C2NC(=S)N(C)C3=C2C(=O)CCC3)cc(Cl)c1OC. The molecule has 0 saturated carbocycles. The van der Waals surface area contributed by atoms with Gasteiger partial charge in [-0.1, -0.05) is 11.6 Å². The number of ketones is 1. The Labute approximate surface area is 151 Å². The molecular formula is C17H19ClN2O3S. The first-order chi connectivity index (χ1) is 11.5. The summed E-state index contributed by atoms with van der Waals surface area (Å²) in [6, 6.07) is 3.30. The molecular weight excluding hydrogens is 348 g/mol. The number of halogens is 1. The molecule has 1 aromatic carbocycles. The van der Waals surface area contributed by atoms with Crippen LogP contribution in [0.2, 0.25) is 5.02 Å². The van der Waals surface area contributed by atoms with Crippen molar-refractivity contribution in [2.45, 2.75) is 25.3 Å². The van der Waals surface area contributed by atoms with E-state index < -0.39 is 0 Å². The fraction of sp³-hybridized carbons (Fsp3) is 0.412. The topological polar surface area (TPSA) is 50.8 Å². The van der Waals surface area contributed by atoms with Gasteiger partial charge < -0.3 is 19.7 Å². The van der Waals surface area contributed by atoms with E-state index in [1.165, 1.54) is 7.11 Å². The number of nitrogens with zero attached hydrogens (tertiary/aromatic N) is 1. The Morgan fingerprint density at radius 1 is 1.29 bits per heavy atom. The molecule has 128 valence electrons. The van der Waals surface area contributed by atoms with Crippen LogP contribution in [0.1, 0.15) is 30.9 Å². The summed E-state index contributed by atoms with van der Waals surface area (Å²) in [7, 11) is 4.99. The minimum atomic E-state index is -0.325. The normalized spacial score (nSPS) is 20.7. The van der Waals surface area contributed by atoms with Crippen LogP contribution >= 0.6 is 23.8 Å². The van der Waals surface area contributed by atoms with Crippen LogP contribution in [0.4, 0.5) is 0 Å². The van der Waals surface area contributed by atoms with E-state index in [1.807, 2.05) is 18.0 Å². The zero-order valence-corrected chi connectivity index (χ0v) is 15.4. The second kappa shape index (κ2) is 6.61. The molecule has 0 spiro atoms. The van der Waals surface area contributed by atoms with Crippen molar-refractivity contribution in [3.8, 4) is 11.5 Å². The number of ether oxygens (including phenoxy) is 2. The number of thiocarbonyl (C=S) groups is 1. The zero-order chi connectivity index (χ0) is 17.4. The summed E-state index contributed by atoms with van der Waals surface area (Å²) in [6.07, 6.45) is 2.25. The van der Waals surface area contributed by atoms with Crippen molar-refractivity contribution in [1.82, 2.24) is 10.2 Å². The van der Waals surface area contributed by atoms with E-state index in [0.717, 1.165) is 29.7 Å². The fourth-order valence-corrected chi connectivity index (χ4v) is 3.82. The maximum Gasteiger partial charge on any atom is 0.179 e. The molecule has 0 aromatic heterocycles. The van der Waals surface area contributed by atoms with Crippen LogP contribution in [0, 0.1) is 0 Å². The Bertz CT molecular complexity index is 748. The number of carbonyl (C=O) groups is 1. The van der Waals surface area contributed by atoms with E-state index in [2.05, 4.69) is 5.32 Å². The summed E-state index contributed by atoms with van der Waals surface area (Å²) < 4.78 is 10.7. The molecule has 0 saturated heterocycles. The Morgan fingerprint density at radius 2 is 2.04 bits per heavy atom. The van der Waals surface area contributed by atoms with E-state index in [0.29, 0.717) is 28.1 Å². The van der Waals surface area contributed by atoms with Crippen LogP contribution in [-0.4, -0.2) is 37.1 Å². The molecule has 0 bridgehead atoms. The Morgan fingerprint density at radius 3 is 2.71 bits per heavy atom. The van der Waals surface area contributed by atoms with Gasteiger partial charge in [-0.2, -0.15) is 0 Å². The van der Waals surface area contributed by atoms with Crippen molar-refractivity contribution < 1.29 is 14.3 Å². The third-order valence-corrected chi connectivity index (χ3v) is 5.16. The standard InChI is InChI=1S/C17H19ClN2O3S/c1-20-11-5-4-6-12(21)14(11)15(19-17(20)24)9-7-10(18)16(23-3)13(8-9)22-2/h7-8,15H,4-6H2,1-3H3,(H,19,24). The number of hydrogen-bond acceptors (Lipinski definition) is 4. The van der Waals surface area contributed by atoms with E-state index in [9.17, 15) is 4.79 Å². The van der Waals surface area contributed by atoms with E-state index in [4.69, 9.17) is 33.3 Å². The quantitative estimate of drug-likeness (QED) is 0.829. The molecule has 24 heavy (non-hydrogen) atoms. The van der Waals surface area contributed by atoms with Gasteiger partial charge in [-0.05, 0) is 42.8 Å². The van der Waals surface area contributed by atoms with Crippen LogP contribution in [0.3, 0.4) is 0 Å². The third kappa shape index (κ3) is 2.74. The summed E-state index contributed by atoms with van der Waals surface area (Å²) in [5.74, 6) is 1.15. The van der Waals surface area contributed by atoms with Gasteiger partial charge >= 0.3 is 0 Å². The molecule has 7 heteroatoms. The second-order valence-electron chi connectivity index (χ2n) is 5.82. The summed E-state index contributed by atoms with van der Waals surface area (Å²) in [5, 5.41) is 4.28. The molecule has 2 aliphatic rings. The highest BCUT2D eigenvalue weighted by atomic mass is 35.5. The second-order valence-corrected chi connectivity index (χ2v) is 6.61. The van der Waals surface area contributed by atoms with Crippen molar-refractivity contribution in [3.05, 3.63) is 34.0 Å². The zero-order valence-electron chi connectivity index (χ0n) is 13.8. The first-order valence-corrected chi connectivity index (χ1v) is 8.48. The summed E-state index contributed by atoms with van der Waals surface area (Å²) >= 11 is 11.8. The number of methoxy groups -OCH3 is 2. The van der Waals surface area contributed by atoms with E-state index >= 15 is 0 Å². The molecule has 1 heterocycles. The molecule has 0 radical (unpaired) electrons. The number of benzene rings is 1. The van der Waals surface area contributed by atoms with Gasteiger partial charge in [-0.15, -0.1) is 0 Å². The monoisotopic (exact) mass is 366 g/mol. The lowest BCUT2D eigenvalue weighted by Crippen LogP contribution is -2.47. The van der Waals surface area contributed by atoms with Gasteiger partial charge in [0.2, 0.25) is 0 Å². The highest BCUT2D eigenvalue weighted by Gasteiger charge is 2.36. The Hall–Kier alpha value is -1.79. The molecule has 1 unspecified atom stereocenters. The molecule has 3 rings (SSSR count). The highest BCUT2D eigenvalue weighted by molar-refractivity contribution is 7.80. The maximum atomic E-state index is 12.6. The van der Waals surface area contributed by atoms with Gasteiger partial charge in [0.15, 0.2) is 22.4 Å². The number of rotatable bonds is 3. The van der Waals surface area contributed by atoms with Crippen molar-refractivity contribution in [2.75, 3.05) is 21.3 Å². The van der Waals surface area contributed by atoms with Gasteiger partial charge in [0, 0.05) is 24.7 Å². The largest absolute Gasteiger partial charge is 0.493 e. The number of allylic oxidation sites excluding steroid dienone is 1. The lowest BCUT2D eigenvalue weighted by Gasteiger charge is -2.39. The average Bonchev–Trinajstić information content (AvgIpc) is 2.57. The maximum absolute atomic E-state index is 12.6. The summed E-state index contributed by atoms with van der Waals surface area (Å²) in [5.41, 5.74) is 2.59. The molecule has 1 aliphatic carbocycles. The fourth-order valence-electron chi connectivity index (χ4n) is 3.29. The molecule has 0 amide bonds. The number of nitrogens with one attached hydrogen (secondary N) is 1. The first-order valence-electron chi connectivity index (χ1n) is 7.69. The predicted molar refractivity (Wildman–Crippen MR) is 96.7 cm³/mol. The number of Topliss-reactive ketones (excluding diaryl/α,β-unsaturated/α-hetero) is 1. The van der Waals surface area contributed by atoms with E-state index in [-0.39, 0.29) is 11.8 Å². The number of carbonyl (C=O) groups excluding carboxylic acids is 1. The van der Waals surface area contributed by atoms with Gasteiger partial charge in [0.05, 0.1) is 25.3 Å². The lowest BCUT2D eigenvalue weighted by molar-refractivity contribution is -0.116. The van der Waals surface area contributed by atoms with Crippen molar-refractivity contribution in [1.29, 1.82) is 0 Å². The van der Waals surface area contributed by atoms with Gasteiger partial charge in [-0.25, -0.2) is 0 Å². The van der Waals surface area contributed by atoms with Crippen LogP contribution in [0.25, 0.3) is 0 Å². The molecule has 1 atom stereocenters. The summed E-state index contributed by atoms with van der Waals surface area (Å²) in [4.78, 5) is 14.5.